The third-order valence-electron chi connectivity index (χ3n) is 0.400. The molecule has 0 bridgehead atoms. The summed E-state index contributed by atoms with van der Waals surface area (Å²) in [6, 6.07) is 0. The molecule has 0 unspecified atom stereocenters. The van der Waals surface area contributed by atoms with E-state index in [0.29, 0.717) is 0 Å². The average molecular weight is 287 g/mol. The summed E-state index contributed by atoms with van der Waals surface area (Å²) < 4.78 is 0. The largest absolute Gasteiger partial charge is 0.225 e. The van der Waals surface area contributed by atoms with Gasteiger partial charge < -0.3 is 0 Å². The third kappa shape index (κ3) is 11.5. The number of hydrogen-bond donors (Lipinski definition) is 3. The van der Waals surface area contributed by atoms with Crippen LogP contribution in [0.25, 0.3) is 0 Å². The van der Waals surface area contributed by atoms with Crippen LogP contribution in [0.4, 0.5) is 0 Å². The Morgan fingerprint density at radius 3 is 1.10 bits per heavy atom. The van der Waals surface area contributed by atoms with Crippen LogP contribution in [0.1, 0.15) is 0 Å². The van der Waals surface area contributed by atoms with Gasteiger partial charge in [0, 0.05) is 0 Å². The van der Waals surface area contributed by atoms with Crippen LogP contribution in [-0.4, -0.2) is 15.0 Å². The van der Waals surface area contributed by atoms with E-state index >= 15 is 0 Å². The Bertz CT molecular complexity index is 119. The van der Waals surface area contributed by atoms with Crippen molar-refractivity contribution < 1.29 is 13.0 Å². The summed E-state index contributed by atoms with van der Waals surface area (Å²) in [7, 11) is 11.4. The van der Waals surface area contributed by atoms with Gasteiger partial charge in [-0.2, -0.15) is 0 Å². The Balaban J connectivity index is 0.000000180. The van der Waals surface area contributed by atoms with Crippen molar-refractivity contribution in [3.05, 3.63) is 19.0 Å². The van der Waals surface area contributed by atoms with Crippen LogP contribution in [0.2, 0.25) is 0 Å². The van der Waals surface area contributed by atoms with Gasteiger partial charge in [-0.05, 0) is 0 Å². The number of nitrogens with zero attached hydrogens (tertiary/aromatic N) is 3. The standard InChI is InChI=1S/C3H3N3.Pd.3H2S/c1-4-2-6-3-5-1;;;;/h1-3H;;3*1H2/q;+3;;;/p-3. The summed E-state index contributed by atoms with van der Waals surface area (Å²) in [4.78, 5) is 10.7. The van der Waals surface area contributed by atoms with E-state index < -0.39 is 13.0 Å². The Morgan fingerprint density at radius 1 is 0.800 bits per heavy atom. The molecule has 0 spiro atoms. The number of thiol groups is 3. The zero-order chi connectivity index (χ0) is 7.82. The first-order valence-electron chi connectivity index (χ1n) is 1.97. The molecule has 3 nitrogen and oxygen atoms in total. The summed E-state index contributed by atoms with van der Waals surface area (Å²) in [6.45, 7) is 0. The van der Waals surface area contributed by atoms with Gasteiger partial charge in [0.05, 0.1) is 0 Å². The van der Waals surface area contributed by atoms with Gasteiger partial charge in [0.1, 0.15) is 19.0 Å². The normalized spacial score (nSPS) is 9.30. The van der Waals surface area contributed by atoms with Gasteiger partial charge >= 0.3 is 44.3 Å². The molecule has 0 radical (unpaired) electrons. The van der Waals surface area contributed by atoms with Crippen molar-refractivity contribution in [1.82, 2.24) is 15.0 Å². The molecule has 7 heteroatoms. The zero-order valence-corrected chi connectivity index (χ0v) is 8.97. The number of hydrogen-bond acceptors (Lipinski definition) is 6. The van der Waals surface area contributed by atoms with E-state index in [9.17, 15) is 0 Å². The first-order valence-corrected chi connectivity index (χ1v) is 9.08. The average Bonchev–Trinajstić information content (AvgIpc) is 1.90. The first kappa shape index (κ1) is 10.7. The molecule has 1 rings (SSSR count). The van der Waals surface area contributed by atoms with Crippen LogP contribution in [0, 0.1) is 0 Å². The van der Waals surface area contributed by atoms with E-state index in [4.69, 9.17) is 0 Å². The fourth-order valence-electron chi connectivity index (χ4n) is 0.205. The van der Waals surface area contributed by atoms with Crippen LogP contribution >= 0.6 is 31.3 Å². The summed E-state index contributed by atoms with van der Waals surface area (Å²) in [6.07, 6.45) is 4.31. The molecule has 0 atom stereocenters. The van der Waals surface area contributed by atoms with E-state index in [1.807, 2.05) is 0 Å². The van der Waals surface area contributed by atoms with E-state index in [2.05, 4.69) is 46.3 Å². The summed E-state index contributed by atoms with van der Waals surface area (Å²) in [5, 5.41) is 0. The van der Waals surface area contributed by atoms with Crippen molar-refractivity contribution in [1.29, 1.82) is 0 Å². The van der Waals surface area contributed by atoms with Crippen LogP contribution in [0.5, 0.6) is 0 Å². The van der Waals surface area contributed by atoms with Gasteiger partial charge in [-0.3, -0.25) is 0 Å². The maximum absolute atomic E-state index is 3.81. The molecule has 0 saturated carbocycles. The number of aromatic nitrogens is 3. The molecule has 0 aliphatic heterocycles. The SMILES string of the molecule is [SH][Pd]([SH])[SH].c1ncncn1. The Labute approximate surface area is 77.9 Å². The molecule has 0 saturated heterocycles. The second-order valence-corrected chi connectivity index (χ2v) is 10.9. The molecule has 0 aromatic carbocycles. The van der Waals surface area contributed by atoms with Gasteiger partial charge in [0.15, 0.2) is 0 Å². The minimum atomic E-state index is -0.900. The molecule has 0 aliphatic carbocycles. The maximum Gasteiger partial charge on any atom is 0.119 e. The molecule has 1 aromatic heterocycles. The van der Waals surface area contributed by atoms with E-state index in [0.717, 1.165) is 0 Å². The molecular formula is C3H6N3PdS3. The van der Waals surface area contributed by atoms with Crippen LogP contribution in [0.3, 0.4) is 0 Å². The van der Waals surface area contributed by atoms with Crippen molar-refractivity contribution in [3.8, 4) is 0 Å². The predicted octanol–water partition coefficient (Wildman–Crippen LogP) is 1.01. The smallest absolute Gasteiger partial charge is 0.119 e. The zero-order valence-electron chi connectivity index (χ0n) is 4.73. The van der Waals surface area contributed by atoms with Crippen molar-refractivity contribution in [2.75, 3.05) is 0 Å². The van der Waals surface area contributed by atoms with E-state index in [1.54, 1.807) is 0 Å². The summed E-state index contributed by atoms with van der Waals surface area (Å²) in [5.41, 5.74) is 0. The van der Waals surface area contributed by atoms with Crippen molar-refractivity contribution >= 4 is 31.3 Å². The minimum absolute atomic E-state index is 0.900. The molecule has 1 heterocycles. The summed E-state index contributed by atoms with van der Waals surface area (Å²) >= 11 is -0.900. The quantitative estimate of drug-likeness (QED) is 0.492. The molecule has 0 N–H and O–H groups in total. The van der Waals surface area contributed by atoms with Crippen molar-refractivity contribution in [2.45, 2.75) is 0 Å². The third-order valence-corrected chi connectivity index (χ3v) is 0.400. The van der Waals surface area contributed by atoms with Crippen molar-refractivity contribution in [3.63, 3.8) is 0 Å². The Morgan fingerprint density at radius 2 is 1.00 bits per heavy atom. The van der Waals surface area contributed by atoms with E-state index in [1.165, 1.54) is 19.0 Å². The van der Waals surface area contributed by atoms with E-state index in [-0.39, 0.29) is 0 Å². The second kappa shape index (κ2) is 7.83. The summed E-state index contributed by atoms with van der Waals surface area (Å²) in [5.74, 6) is 0. The topological polar surface area (TPSA) is 38.7 Å². The van der Waals surface area contributed by atoms with Gasteiger partial charge in [0.25, 0.3) is 0 Å². The van der Waals surface area contributed by atoms with Gasteiger partial charge in [-0.1, -0.05) is 0 Å². The minimum Gasteiger partial charge on any atom is -0.225 e. The first-order chi connectivity index (χ1) is 4.73. The maximum atomic E-state index is 3.81. The molecule has 0 fully saturated rings. The van der Waals surface area contributed by atoms with Gasteiger partial charge in [0.2, 0.25) is 0 Å². The van der Waals surface area contributed by atoms with Crippen LogP contribution < -0.4 is 0 Å². The molecule has 0 aliphatic rings. The predicted molar refractivity (Wildman–Crippen MR) is 46.8 cm³/mol. The van der Waals surface area contributed by atoms with Crippen molar-refractivity contribution in [2.24, 2.45) is 0 Å². The van der Waals surface area contributed by atoms with Gasteiger partial charge in [-0.25, -0.2) is 15.0 Å². The Hall–Kier alpha value is 0.722. The fourth-order valence-corrected chi connectivity index (χ4v) is 0.205. The molecular weight excluding hydrogens is 281 g/mol. The Kier molecular flexibility index (Phi) is 8.39. The molecule has 0 amide bonds. The second-order valence-electron chi connectivity index (χ2n) is 0.983. The fraction of sp³-hybridized carbons (Fsp3) is 0. The number of rotatable bonds is 0. The van der Waals surface area contributed by atoms with Gasteiger partial charge in [-0.15, -0.1) is 0 Å². The monoisotopic (exact) mass is 286 g/mol. The van der Waals surface area contributed by atoms with Crippen LogP contribution in [0.15, 0.2) is 19.0 Å². The molecule has 1 aromatic rings. The van der Waals surface area contributed by atoms with Crippen LogP contribution in [-0.2, 0) is 13.0 Å². The molecule has 10 heavy (non-hydrogen) atoms. The molecule has 61 valence electrons.